The Kier molecular flexibility index (Phi) is 9.08. The third kappa shape index (κ3) is 5.48. The molecule has 0 aromatic heterocycles. The number of hydrogen-bond acceptors (Lipinski definition) is 13. The molecule has 2 saturated heterocycles. The zero-order valence-electron chi connectivity index (χ0n) is 16.7. The summed E-state index contributed by atoms with van der Waals surface area (Å²) in [4.78, 5) is 25.5. The van der Waals surface area contributed by atoms with Gasteiger partial charge >= 0.3 is 6.09 Å². The highest BCUT2D eigenvalue weighted by molar-refractivity contribution is 5.92. The minimum atomic E-state index is -1.96. The van der Waals surface area contributed by atoms with Crippen LogP contribution in [0.5, 0.6) is 0 Å². The van der Waals surface area contributed by atoms with Gasteiger partial charge in [-0.15, -0.1) is 0 Å². The van der Waals surface area contributed by atoms with Crippen molar-refractivity contribution in [3.8, 4) is 0 Å². The van der Waals surface area contributed by atoms with Crippen LogP contribution < -0.4 is 0 Å². The van der Waals surface area contributed by atoms with Crippen LogP contribution in [0, 0.1) is 0 Å². The van der Waals surface area contributed by atoms with Crippen LogP contribution in [0.2, 0.25) is 0 Å². The van der Waals surface area contributed by atoms with Crippen LogP contribution in [0.25, 0.3) is 0 Å². The van der Waals surface area contributed by atoms with Crippen molar-refractivity contribution in [2.24, 2.45) is 0 Å². The van der Waals surface area contributed by atoms with E-state index >= 15 is 0 Å². The Labute approximate surface area is 176 Å². The first kappa shape index (κ1) is 25.8. The molecule has 2 aliphatic heterocycles. The van der Waals surface area contributed by atoms with E-state index in [1.54, 1.807) is 6.92 Å². The highest BCUT2D eigenvalue weighted by Crippen LogP contribution is 2.26. The van der Waals surface area contributed by atoms with Crippen molar-refractivity contribution in [1.82, 2.24) is 4.90 Å². The fraction of sp³-hybridized carbons (Fsp3) is 0.882. The summed E-state index contributed by atoms with van der Waals surface area (Å²) < 4.78 is 14.8. The number of aliphatic hydroxyl groups is 8. The zero-order chi connectivity index (χ0) is 23.5. The van der Waals surface area contributed by atoms with Gasteiger partial charge in [-0.2, -0.15) is 0 Å². The predicted octanol–water partition coefficient (Wildman–Crippen LogP) is -4.65. The predicted molar refractivity (Wildman–Crippen MR) is 95.8 cm³/mol. The summed E-state index contributed by atoms with van der Waals surface area (Å²) >= 11 is 0. The van der Waals surface area contributed by atoms with E-state index in [1.165, 1.54) is 0 Å². The van der Waals surface area contributed by atoms with Crippen LogP contribution in [0.1, 0.15) is 19.8 Å². The third-order valence-corrected chi connectivity index (χ3v) is 5.15. The molecule has 14 nitrogen and oxygen atoms in total. The van der Waals surface area contributed by atoms with Gasteiger partial charge < -0.3 is 55.1 Å². The second-order valence-electron chi connectivity index (χ2n) is 7.35. The van der Waals surface area contributed by atoms with Crippen molar-refractivity contribution in [3.63, 3.8) is 0 Å². The van der Waals surface area contributed by atoms with Gasteiger partial charge in [0.05, 0.1) is 6.61 Å². The number of ether oxygens (including phenoxy) is 3. The lowest BCUT2D eigenvalue weighted by atomic mass is 9.95. The number of amides is 2. The molecule has 0 bridgehead atoms. The first-order valence-corrected chi connectivity index (χ1v) is 9.72. The summed E-state index contributed by atoms with van der Waals surface area (Å²) in [7, 11) is 0. The molecule has 31 heavy (non-hydrogen) atoms. The standard InChI is InChI=1S/C17H29NO13/c1-2-3-8(20)18(9-12(23)10(21)6(4-19)30-15(9)26)17(28)29-5-7-11(22)13(24)14(25)16(27)31-7/h6-7,9-16,19,21-27H,2-5H2,1H3/t6-,7-,9-,10-,11-,12-,13+,14-,15?,16?/m1/s1. The van der Waals surface area contributed by atoms with Crippen LogP contribution in [0.3, 0.4) is 0 Å². The van der Waals surface area contributed by atoms with E-state index in [4.69, 9.17) is 19.3 Å². The molecule has 0 radical (unpaired) electrons. The number of hydrogen-bond donors (Lipinski definition) is 8. The average Bonchev–Trinajstić information content (AvgIpc) is 2.73. The van der Waals surface area contributed by atoms with Crippen LogP contribution in [-0.2, 0) is 19.0 Å². The molecule has 2 unspecified atom stereocenters. The summed E-state index contributed by atoms with van der Waals surface area (Å²) in [6, 6.07) is -1.78. The molecule has 0 saturated carbocycles. The summed E-state index contributed by atoms with van der Waals surface area (Å²) in [5.74, 6) is -0.880. The Bertz CT molecular complexity index is 621. The minimum absolute atomic E-state index is 0.198. The Morgan fingerprint density at radius 1 is 0.839 bits per heavy atom. The van der Waals surface area contributed by atoms with Crippen molar-refractivity contribution >= 4 is 12.0 Å². The normalized spacial score (nSPS) is 40.9. The van der Waals surface area contributed by atoms with Crippen molar-refractivity contribution in [3.05, 3.63) is 0 Å². The molecule has 10 atom stereocenters. The minimum Gasteiger partial charge on any atom is -0.446 e. The third-order valence-electron chi connectivity index (χ3n) is 5.15. The Balaban J connectivity index is 2.16. The van der Waals surface area contributed by atoms with Gasteiger partial charge in [0.2, 0.25) is 5.91 Å². The molecule has 0 aromatic carbocycles. The molecule has 0 spiro atoms. The number of carbonyl (C=O) groups is 2. The quantitative estimate of drug-likeness (QED) is 0.189. The van der Waals surface area contributed by atoms with Gasteiger partial charge in [-0.1, -0.05) is 6.92 Å². The number of rotatable bonds is 6. The van der Waals surface area contributed by atoms with Crippen molar-refractivity contribution in [1.29, 1.82) is 0 Å². The molecule has 2 aliphatic rings. The van der Waals surface area contributed by atoms with Gasteiger partial charge in [-0.25, -0.2) is 9.69 Å². The van der Waals surface area contributed by atoms with Gasteiger partial charge in [-0.05, 0) is 6.42 Å². The van der Waals surface area contributed by atoms with Gasteiger partial charge in [0, 0.05) is 6.42 Å². The molecule has 0 aliphatic carbocycles. The van der Waals surface area contributed by atoms with Gasteiger partial charge in [-0.3, -0.25) is 4.79 Å². The first-order chi connectivity index (χ1) is 14.5. The molecule has 2 rings (SSSR count). The van der Waals surface area contributed by atoms with E-state index in [0.717, 1.165) is 0 Å². The van der Waals surface area contributed by atoms with E-state index in [0.29, 0.717) is 4.90 Å². The topological polar surface area (TPSA) is 227 Å². The summed E-state index contributed by atoms with van der Waals surface area (Å²) in [6.45, 7) is 0.101. The molecule has 2 fully saturated rings. The Morgan fingerprint density at radius 2 is 1.42 bits per heavy atom. The fourth-order valence-corrected chi connectivity index (χ4v) is 3.38. The first-order valence-electron chi connectivity index (χ1n) is 9.72. The van der Waals surface area contributed by atoms with E-state index in [1.807, 2.05) is 0 Å². The zero-order valence-corrected chi connectivity index (χ0v) is 16.7. The van der Waals surface area contributed by atoms with Gasteiger partial charge in [0.15, 0.2) is 12.6 Å². The van der Waals surface area contributed by atoms with Gasteiger partial charge in [0.25, 0.3) is 0 Å². The maximum Gasteiger partial charge on any atom is 0.417 e. The van der Waals surface area contributed by atoms with Crippen molar-refractivity contribution < 1.29 is 64.7 Å². The number of nitrogens with zero attached hydrogens (tertiary/aromatic N) is 1. The van der Waals surface area contributed by atoms with E-state index < -0.39 is 86.6 Å². The lowest BCUT2D eigenvalue weighted by Crippen LogP contribution is -2.66. The lowest BCUT2D eigenvalue weighted by molar-refractivity contribution is -0.287. The van der Waals surface area contributed by atoms with E-state index in [2.05, 4.69) is 0 Å². The van der Waals surface area contributed by atoms with E-state index in [-0.39, 0.29) is 12.8 Å². The number of imide groups is 1. The van der Waals surface area contributed by atoms with Crippen LogP contribution >= 0.6 is 0 Å². The summed E-state index contributed by atoms with van der Waals surface area (Å²) in [5.41, 5.74) is 0. The van der Waals surface area contributed by atoms with Crippen molar-refractivity contribution in [2.75, 3.05) is 13.2 Å². The molecular formula is C17H29NO13. The van der Waals surface area contributed by atoms with Crippen LogP contribution in [0.4, 0.5) is 4.79 Å². The Hall–Kier alpha value is -1.46. The second-order valence-corrected chi connectivity index (χ2v) is 7.35. The summed E-state index contributed by atoms with van der Waals surface area (Å²) in [5, 5.41) is 78.4. The molecule has 14 heteroatoms. The maximum atomic E-state index is 12.6. The summed E-state index contributed by atoms with van der Waals surface area (Å²) in [6.07, 6.45) is -16.9. The Morgan fingerprint density at radius 3 is 2.00 bits per heavy atom. The SMILES string of the molecule is CCCC(=O)N(C(=O)OC[C@H]1OC(O)[C@H](O)[C@@H](O)[C@@H]1O)[C@H]1C(O)O[C@H](CO)[C@@H](O)[C@@H]1O. The largest absolute Gasteiger partial charge is 0.446 e. The molecule has 2 amide bonds. The molecular weight excluding hydrogens is 426 g/mol. The van der Waals surface area contributed by atoms with Crippen molar-refractivity contribution in [2.45, 2.75) is 81.1 Å². The molecule has 0 aromatic rings. The van der Waals surface area contributed by atoms with E-state index in [9.17, 15) is 45.3 Å². The average molecular weight is 455 g/mol. The monoisotopic (exact) mass is 455 g/mol. The molecule has 2 heterocycles. The van der Waals surface area contributed by atoms with Crippen LogP contribution in [-0.4, -0.2) is 132 Å². The maximum absolute atomic E-state index is 12.6. The van der Waals surface area contributed by atoms with Crippen LogP contribution in [0.15, 0.2) is 0 Å². The molecule has 180 valence electrons. The highest BCUT2D eigenvalue weighted by atomic mass is 16.7. The lowest BCUT2D eigenvalue weighted by Gasteiger charge is -2.44. The van der Waals surface area contributed by atoms with Gasteiger partial charge in [0.1, 0.15) is 55.4 Å². The smallest absolute Gasteiger partial charge is 0.417 e. The fourth-order valence-electron chi connectivity index (χ4n) is 3.38. The highest BCUT2D eigenvalue weighted by Gasteiger charge is 2.50. The number of carbonyl (C=O) groups excluding carboxylic acids is 2. The second kappa shape index (κ2) is 10.9. The molecule has 8 N–H and O–H groups in total. The number of aliphatic hydroxyl groups excluding tert-OH is 8.